The number of hydrogen-bond acceptors (Lipinski definition) is 5. The maximum absolute atomic E-state index is 13.7. The molecule has 1 atom stereocenters. The second-order valence-corrected chi connectivity index (χ2v) is 10.1. The van der Waals surface area contributed by atoms with Crippen LogP contribution in [0.1, 0.15) is 22.5 Å². The van der Waals surface area contributed by atoms with Crippen molar-refractivity contribution in [3.05, 3.63) is 47.0 Å². The van der Waals surface area contributed by atoms with Crippen LogP contribution in [0.4, 0.5) is 4.79 Å². The minimum absolute atomic E-state index is 0.000384. The molecule has 2 aliphatic heterocycles. The minimum Gasteiger partial charge on any atom is -0.493 e. The molecule has 4 heterocycles. The van der Waals surface area contributed by atoms with Gasteiger partial charge in [0.1, 0.15) is 5.69 Å². The third-order valence-corrected chi connectivity index (χ3v) is 7.68. The maximum Gasteiger partial charge on any atom is 0.317 e. The van der Waals surface area contributed by atoms with Crippen LogP contribution in [-0.2, 0) is 13.0 Å². The molecule has 0 bridgehead atoms. The fraction of sp³-hybridized carbons (Fsp3) is 0.385. The summed E-state index contributed by atoms with van der Waals surface area (Å²) in [6.07, 6.45) is 1.54. The summed E-state index contributed by atoms with van der Waals surface area (Å²) in [5, 5.41) is 5.06. The first-order valence-corrected chi connectivity index (χ1v) is 12.6. The van der Waals surface area contributed by atoms with Gasteiger partial charge in [-0.25, -0.2) is 4.79 Å². The summed E-state index contributed by atoms with van der Waals surface area (Å²) in [5.41, 5.74) is 5.01. The summed E-state index contributed by atoms with van der Waals surface area (Å²) < 4.78 is 13.3. The number of aryl methyl sites for hydroxylation is 1. The van der Waals surface area contributed by atoms with E-state index in [9.17, 15) is 9.59 Å². The number of carbonyl (C=O) groups is 2. The standard InChI is InChI=1S/C26H30N4O4S/c1-28(2)26(32)27-17-8-9-29(15-17)25(31)20-13-19(23-6-5-11-35-23)24-18-14-22(34-4)21(33-3)12-16(18)7-10-30(20)24/h5-6,11-14,17H,7-10,15H2,1-4H3,(H,27,32)/t17-/m1/s1. The van der Waals surface area contributed by atoms with E-state index in [2.05, 4.69) is 21.3 Å². The lowest BCUT2D eigenvalue weighted by molar-refractivity contribution is 0.0778. The number of benzene rings is 1. The molecule has 0 radical (unpaired) electrons. The first-order valence-electron chi connectivity index (χ1n) is 11.7. The molecular formula is C26H30N4O4S. The maximum atomic E-state index is 13.7. The summed E-state index contributed by atoms with van der Waals surface area (Å²) in [6.45, 7) is 1.83. The minimum atomic E-state index is -0.134. The molecule has 2 aromatic heterocycles. The molecule has 0 unspecified atom stereocenters. The number of amides is 3. The smallest absolute Gasteiger partial charge is 0.317 e. The molecule has 8 nitrogen and oxygen atoms in total. The lowest BCUT2D eigenvalue weighted by Crippen LogP contribution is -2.43. The number of rotatable bonds is 5. The number of nitrogens with one attached hydrogen (secondary N) is 1. The number of ether oxygens (including phenoxy) is 2. The van der Waals surface area contributed by atoms with Gasteiger partial charge in [0.2, 0.25) is 0 Å². The lowest BCUT2D eigenvalue weighted by Gasteiger charge is -2.25. The first-order chi connectivity index (χ1) is 16.9. The zero-order chi connectivity index (χ0) is 24.7. The molecular weight excluding hydrogens is 464 g/mol. The largest absolute Gasteiger partial charge is 0.493 e. The van der Waals surface area contributed by atoms with Gasteiger partial charge in [-0.05, 0) is 48.1 Å². The molecule has 3 amide bonds. The highest BCUT2D eigenvalue weighted by atomic mass is 32.1. The fourth-order valence-electron chi connectivity index (χ4n) is 4.98. The van der Waals surface area contributed by atoms with Gasteiger partial charge < -0.3 is 29.2 Å². The van der Waals surface area contributed by atoms with Crippen LogP contribution in [0.3, 0.4) is 0 Å². The molecule has 35 heavy (non-hydrogen) atoms. The van der Waals surface area contributed by atoms with Crippen molar-refractivity contribution in [2.24, 2.45) is 0 Å². The number of thiophene rings is 1. The fourth-order valence-corrected chi connectivity index (χ4v) is 5.72. The Hall–Kier alpha value is -3.46. The Bertz CT molecular complexity index is 1260. The van der Waals surface area contributed by atoms with Crippen molar-refractivity contribution in [1.82, 2.24) is 19.7 Å². The second kappa shape index (κ2) is 9.30. The Morgan fingerprint density at radius 3 is 2.54 bits per heavy atom. The Morgan fingerprint density at radius 2 is 1.86 bits per heavy atom. The number of carbonyl (C=O) groups excluding carboxylic acids is 2. The Kier molecular flexibility index (Phi) is 6.19. The van der Waals surface area contributed by atoms with Gasteiger partial charge >= 0.3 is 6.03 Å². The average molecular weight is 495 g/mol. The third-order valence-electron chi connectivity index (χ3n) is 6.78. The quantitative estimate of drug-likeness (QED) is 0.583. The highest BCUT2D eigenvalue weighted by Gasteiger charge is 2.33. The van der Waals surface area contributed by atoms with Crippen LogP contribution < -0.4 is 14.8 Å². The van der Waals surface area contributed by atoms with Crippen LogP contribution in [0.5, 0.6) is 11.5 Å². The molecule has 1 N–H and O–H groups in total. The zero-order valence-electron chi connectivity index (χ0n) is 20.5. The average Bonchev–Trinajstić information content (AvgIpc) is 3.62. The van der Waals surface area contributed by atoms with Gasteiger partial charge in [0.05, 0.1) is 19.9 Å². The third kappa shape index (κ3) is 4.14. The van der Waals surface area contributed by atoms with Crippen molar-refractivity contribution in [2.45, 2.75) is 25.4 Å². The van der Waals surface area contributed by atoms with Crippen molar-refractivity contribution in [3.8, 4) is 33.2 Å². The van der Waals surface area contributed by atoms with Crippen molar-refractivity contribution in [3.63, 3.8) is 0 Å². The molecule has 0 spiro atoms. The number of hydrogen-bond donors (Lipinski definition) is 1. The normalized spacial score (nSPS) is 16.5. The molecule has 5 rings (SSSR count). The van der Waals surface area contributed by atoms with E-state index in [0.717, 1.165) is 34.5 Å². The van der Waals surface area contributed by atoms with Crippen molar-refractivity contribution < 1.29 is 19.1 Å². The molecule has 1 fully saturated rings. The van der Waals surface area contributed by atoms with Gasteiger partial charge in [-0.2, -0.15) is 0 Å². The van der Waals surface area contributed by atoms with E-state index < -0.39 is 0 Å². The number of aromatic nitrogens is 1. The SMILES string of the molecule is COc1cc2c(cc1OC)-c1c(-c3cccs3)cc(C(=O)N3CC[C@@H](NC(=O)N(C)C)C3)n1CC2. The summed E-state index contributed by atoms with van der Waals surface area (Å²) in [4.78, 5) is 30.3. The lowest BCUT2D eigenvalue weighted by atomic mass is 9.95. The van der Waals surface area contributed by atoms with Crippen LogP contribution in [-0.4, -0.2) is 73.8 Å². The summed E-state index contributed by atoms with van der Waals surface area (Å²) in [7, 11) is 6.72. The Balaban J connectivity index is 1.53. The van der Waals surface area contributed by atoms with Gasteiger partial charge in [0.25, 0.3) is 5.91 Å². The van der Waals surface area contributed by atoms with E-state index in [1.807, 2.05) is 29.2 Å². The highest BCUT2D eigenvalue weighted by molar-refractivity contribution is 7.13. The van der Waals surface area contributed by atoms with Crippen LogP contribution in [0.25, 0.3) is 21.7 Å². The molecule has 3 aromatic rings. The number of nitrogens with zero attached hydrogens (tertiary/aromatic N) is 3. The van der Waals surface area contributed by atoms with Crippen LogP contribution >= 0.6 is 11.3 Å². The number of methoxy groups -OCH3 is 2. The molecule has 2 aliphatic rings. The topological polar surface area (TPSA) is 76.0 Å². The van der Waals surface area contributed by atoms with Gasteiger partial charge in [-0.1, -0.05) is 6.07 Å². The summed E-state index contributed by atoms with van der Waals surface area (Å²) >= 11 is 1.66. The van der Waals surface area contributed by atoms with Crippen molar-refractivity contribution >= 4 is 23.3 Å². The van der Waals surface area contributed by atoms with Crippen LogP contribution in [0.2, 0.25) is 0 Å². The van der Waals surface area contributed by atoms with E-state index >= 15 is 0 Å². The van der Waals surface area contributed by atoms with Gasteiger partial charge in [0.15, 0.2) is 11.5 Å². The molecule has 0 aliphatic carbocycles. The van der Waals surface area contributed by atoms with Gasteiger partial charge in [0, 0.05) is 55.8 Å². The van der Waals surface area contributed by atoms with Crippen molar-refractivity contribution in [2.75, 3.05) is 41.4 Å². The second-order valence-electron chi connectivity index (χ2n) is 9.12. The van der Waals surface area contributed by atoms with Crippen molar-refractivity contribution in [1.29, 1.82) is 0 Å². The van der Waals surface area contributed by atoms with Crippen LogP contribution in [0, 0.1) is 0 Å². The van der Waals surface area contributed by atoms with E-state index in [-0.39, 0.29) is 18.0 Å². The molecule has 184 valence electrons. The van der Waals surface area contributed by atoms with E-state index in [1.54, 1.807) is 39.7 Å². The zero-order valence-corrected chi connectivity index (χ0v) is 21.3. The Morgan fingerprint density at radius 1 is 1.09 bits per heavy atom. The number of urea groups is 1. The highest BCUT2D eigenvalue weighted by Crippen LogP contribution is 2.45. The molecule has 1 aromatic carbocycles. The predicted molar refractivity (Wildman–Crippen MR) is 137 cm³/mol. The predicted octanol–water partition coefficient (Wildman–Crippen LogP) is 3.94. The molecule has 0 saturated carbocycles. The summed E-state index contributed by atoms with van der Waals surface area (Å²) in [6, 6.07) is 10.0. The first kappa shape index (κ1) is 23.3. The number of likely N-dealkylation sites (tertiary alicyclic amines) is 1. The molecule has 9 heteroatoms. The van der Waals surface area contributed by atoms with E-state index in [0.29, 0.717) is 36.8 Å². The Labute approximate surface area is 209 Å². The van der Waals surface area contributed by atoms with Gasteiger partial charge in [-0.3, -0.25) is 4.79 Å². The van der Waals surface area contributed by atoms with Gasteiger partial charge in [-0.15, -0.1) is 11.3 Å². The van der Waals surface area contributed by atoms with E-state index in [4.69, 9.17) is 9.47 Å². The summed E-state index contributed by atoms with van der Waals surface area (Å²) in [5.74, 6) is 1.38. The van der Waals surface area contributed by atoms with E-state index in [1.165, 1.54) is 10.5 Å². The van der Waals surface area contributed by atoms with Crippen LogP contribution in [0.15, 0.2) is 35.7 Å². The number of fused-ring (bicyclic) bond motifs is 3. The monoisotopic (exact) mass is 494 g/mol. The molecule has 1 saturated heterocycles.